The van der Waals surface area contributed by atoms with Crippen LogP contribution in [-0.2, 0) is 4.79 Å². The molecule has 4 rings (SSSR count). The van der Waals surface area contributed by atoms with Crippen molar-refractivity contribution in [3.05, 3.63) is 47.5 Å². The quantitative estimate of drug-likeness (QED) is 0.432. The van der Waals surface area contributed by atoms with Gasteiger partial charge in [-0.05, 0) is 50.1 Å². The maximum absolute atomic E-state index is 14.3. The number of fused-ring (bicyclic) bond motifs is 1. The van der Waals surface area contributed by atoms with Crippen LogP contribution in [0.25, 0.3) is 10.9 Å². The highest BCUT2D eigenvalue weighted by Gasteiger charge is 2.31. The van der Waals surface area contributed by atoms with Crippen molar-refractivity contribution in [2.75, 3.05) is 46.2 Å². The van der Waals surface area contributed by atoms with E-state index in [1.165, 1.54) is 12.4 Å². The first-order valence-electron chi connectivity index (χ1n) is 11.5. The van der Waals surface area contributed by atoms with Crippen molar-refractivity contribution in [2.24, 2.45) is 0 Å². The fraction of sp³-hybridized carbons (Fsp3) is 0.400. The maximum Gasteiger partial charge on any atom is 0.239 e. The Morgan fingerprint density at radius 2 is 2.09 bits per heavy atom. The summed E-state index contributed by atoms with van der Waals surface area (Å²) in [4.78, 5) is 24.9. The first-order chi connectivity index (χ1) is 16.9. The first kappa shape index (κ1) is 24.9. The summed E-state index contributed by atoms with van der Waals surface area (Å²) in [5.41, 5.74) is 0.880. The lowest BCUT2D eigenvalue weighted by Crippen LogP contribution is -2.43. The number of anilines is 2. The number of likely N-dealkylation sites (N-methyl/N-ethyl adjacent to an activating group) is 1. The van der Waals surface area contributed by atoms with E-state index in [4.69, 9.17) is 21.1 Å². The van der Waals surface area contributed by atoms with Crippen molar-refractivity contribution in [1.82, 2.24) is 19.8 Å². The number of amides is 1. The van der Waals surface area contributed by atoms with Gasteiger partial charge in [0, 0.05) is 37.1 Å². The van der Waals surface area contributed by atoms with Crippen LogP contribution in [0.3, 0.4) is 0 Å². The predicted octanol–water partition coefficient (Wildman–Crippen LogP) is 4.50. The molecule has 0 aliphatic carbocycles. The minimum absolute atomic E-state index is 0.0479. The Balaban J connectivity index is 1.45. The van der Waals surface area contributed by atoms with Crippen molar-refractivity contribution in [3.63, 3.8) is 0 Å². The summed E-state index contributed by atoms with van der Waals surface area (Å²) in [6, 6.07) is 7.90. The van der Waals surface area contributed by atoms with Crippen molar-refractivity contribution in [2.45, 2.75) is 25.3 Å². The second-order valence-electron chi connectivity index (χ2n) is 8.62. The monoisotopic (exact) mass is 501 g/mol. The van der Waals surface area contributed by atoms with E-state index in [-0.39, 0.29) is 17.6 Å². The van der Waals surface area contributed by atoms with Gasteiger partial charge >= 0.3 is 0 Å². The van der Waals surface area contributed by atoms with E-state index in [1.807, 2.05) is 0 Å². The number of nitrogens with one attached hydrogen (secondary N) is 1. The largest absolute Gasteiger partial charge is 0.493 e. The highest BCUT2D eigenvalue weighted by molar-refractivity contribution is 6.30. The Labute approximate surface area is 209 Å². The summed E-state index contributed by atoms with van der Waals surface area (Å²) >= 11 is 5.85. The molecule has 186 valence electrons. The standard InChI is InChI=1S/C25H29ClFN5O3/c1-31(2)25(33)21-6-4-9-32(21)10-5-11-35-23-14-20-17(13-22(23)34-3)24(29-15-28-20)30-19-8-7-16(26)12-18(19)27/h7-8,12-15,21H,4-6,9-11H2,1-3H3,(H,28,29,30). The molecule has 1 amide bonds. The molecule has 1 saturated heterocycles. The SMILES string of the molecule is COc1cc2c(Nc3ccc(Cl)cc3F)ncnc2cc1OCCCN1CCCC1C(=O)N(C)C. The molecule has 0 spiro atoms. The number of carbonyl (C=O) groups excluding carboxylic acids is 1. The van der Waals surface area contributed by atoms with Crippen molar-refractivity contribution >= 4 is 39.9 Å². The number of benzene rings is 2. The molecule has 1 aliphatic heterocycles. The number of rotatable bonds is 9. The number of aromatic nitrogens is 2. The topological polar surface area (TPSA) is 79.8 Å². The summed E-state index contributed by atoms with van der Waals surface area (Å²) < 4.78 is 25.8. The fourth-order valence-corrected chi connectivity index (χ4v) is 4.43. The molecule has 1 unspecified atom stereocenters. The van der Waals surface area contributed by atoms with Crippen LogP contribution in [-0.4, -0.2) is 72.6 Å². The minimum atomic E-state index is -0.483. The first-order valence-corrected chi connectivity index (χ1v) is 11.9. The number of hydrogen-bond donors (Lipinski definition) is 1. The summed E-state index contributed by atoms with van der Waals surface area (Å²) in [6.45, 7) is 2.17. The van der Waals surface area contributed by atoms with Crippen LogP contribution in [0.15, 0.2) is 36.7 Å². The number of carbonyl (C=O) groups is 1. The lowest BCUT2D eigenvalue weighted by Gasteiger charge is -2.26. The molecule has 1 atom stereocenters. The summed E-state index contributed by atoms with van der Waals surface area (Å²) in [6.07, 6.45) is 4.10. The van der Waals surface area contributed by atoms with Crippen LogP contribution in [0.2, 0.25) is 5.02 Å². The summed E-state index contributed by atoms with van der Waals surface area (Å²) in [5, 5.41) is 3.97. The molecule has 10 heteroatoms. The van der Waals surface area contributed by atoms with Crippen LogP contribution >= 0.6 is 11.6 Å². The van der Waals surface area contributed by atoms with Gasteiger partial charge in [-0.1, -0.05) is 11.6 Å². The molecular weight excluding hydrogens is 473 g/mol. The molecule has 0 bridgehead atoms. The van der Waals surface area contributed by atoms with Gasteiger partial charge < -0.3 is 19.7 Å². The molecule has 0 saturated carbocycles. The van der Waals surface area contributed by atoms with Gasteiger partial charge in [-0.2, -0.15) is 0 Å². The van der Waals surface area contributed by atoms with Gasteiger partial charge in [-0.15, -0.1) is 0 Å². The number of nitrogens with zero attached hydrogens (tertiary/aromatic N) is 4. The molecule has 1 fully saturated rings. The minimum Gasteiger partial charge on any atom is -0.493 e. The van der Waals surface area contributed by atoms with E-state index in [2.05, 4.69) is 20.2 Å². The second kappa shape index (κ2) is 11.0. The van der Waals surface area contributed by atoms with Crippen LogP contribution < -0.4 is 14.8 Å². The third-order valence-corrected chi connectivity index (χ3v) is 6.28. The lowest BCUT2D eigenvalue weighted by molar-refractivity contribution is -0.133. The zero-order valence-corrected chi connectivity index (χ0v) is 20.8. The summed E-state index contributed by atoms with van der Waals surface area (Å²) in [7, 11) is 5.15. The van der Waals surface area contributed by atoms with Gasteiger partial charge in [0.25, 0.3) is 0 Å². The predicted molar refractivity (Wildman–Crippen MR) is 134 cm³/mol. The molecule has 2 heterocycles. The van der Waals surface area contributed by atoms with E-state index in [1.54, 1.807) is 50.4 Å². The van der Waals surface area contributed by atoms with Crippen LogP contribution in [0.4, 0.5) is 15.9 Å². The van der Waals surface area contributed by atoms with Crippen molar-refractivity contribution < 1.29 is 18.7 Å². The van der Waals surface area contributed by atoms with Gasteiger partial charge in [0.1, 0.15) is 18.0 Å². The van der Waals surface area contributed by atoms with Gasteiger partial charge in [-0.3, -0.25) is 9.69 Å². The van der Waals surface area contributed by atoms with Crippen molar-refractivity contribution in [1.29, 1.82) is 0 Å². The average Bonchev–Trinajstić information content (AvgIpc) is 3.31. The molecular formula is C25H29ClFN5O3. The van der Waals surface area contributed by atoms with Crippen molar-refractivity contribution in [3.8, 4) is 11.5 Å². The van der Waals surface area contributed by atoms with Gasteiger partial charge in [0.05, 0.1) is 31.0 Å². The molecule has 3 aromatic rings. The molecule has 1 aromatic heterocycles. The molecule has 2 aromatic carbocycles. The third kappa shape index (κ3) is 5.74. The highest BCUT2D eigenvalue weighted by atomic mass is 35.5. The molecule has 8 nitrogen and oxygen atoms in total. The smallest absolute Gasteiger partial charge is 0.239 e. The zero-order valence-electron chi connectivity index (χ0n) is 20.1. The Morgan fingerprint density at radius 1 is 1.26 bits per heavy atom. The number of halogens is 2. The van der Waals surface area contributed by atoms with Crippen LogP contribution in [0.5, 0.6) is 11.5 Å². The maximum atomic E-state index is 14.3. The Kier molecular flexibility index (Phi) is 7.87. The van der Waals surface area contributed by atoms with E-state index in [0.717, 1.165) is 32.4 Å². The lowest BCUT2D eigenvalue weighted by atomic mass is 10.2. The number of ether oxygens (including phenoxy) is 2. The van der Waals surface area contributed by atoms with E-state index in [0.29, 0.717) is 39.8 Å². The molecule has 35 heavy (non-hydrogen) atoms. The Morgan fingerprint density at radius 3 is 2.83 bits per heavy atom. The van der Waals surface area contributed by atoms with Crippen LogP contribution in [0.1, 0.15) is 19.3 Å². The second-order valence-corrected chi connectivity index (χ2v) is 9.06. The van der Waals surface area contributed by atoms with Gasteiger partial charge in [-0.25, -0.2) is 14.4 Å². The van der Waals surface area contributed by atoms with Crippen LogP contribution in [0, 0.1) is 5.82 Å². The number of likely N-dealkylation sites (tertiary alicyclic amines) is 1. The Bertz CT molecular complexity index is 1210. The summed E-state index contributed by atoms with van der Waals surface area (Å²) in [5.74, 6) is 1.19. The van der Waals surface area contributed by atoms with Gasteiger partial charge in [0.2, 0.25) is 5.91 Å². The van der Waals surface area contributed by atoms with Gasteiger partial charge in [0.15, 0.2) is 11.5 Å². The third-order valence-electron chi connectivity index (χ3n) is 6.04. The average molecular weight is 502 g/mol. The Hall–Kier alpha value is -3.17. The zero-order chi connectivity index (χ0) is 24.9. The highest BCUT2D eigenvalue weighted by Crippen LogP contribution is 2.35. The number of methoxy groups -OCH3 is 1. The van der Waals surface area contributed by atoms with E-state index in [9.17, 15) is 9.18 Å². The molecule has 1 N–H and O–H groups in total. The normalized spacial score (nSPS) is 15.9. The fourth-order valence-electron chi connectivity index (χ4n) is 4.28. The molecule has 1 aliphatic rings. The van der Waals surface area contributed by atoms with E-state index < -0.39 is 5.82 Å². The van der Waals surface area contributed by atoms with E-state index >= 15 is 0 Å². The number of hydrogen-bond acceptors (Lipinski definition) is 7. The molecule has 0 radical (unpaired) electrons.